The van der Waals surface area contributed by atoms with Crippen LogP contribution >= 0.6 is 15.9 Å². The van der Waals surface area contributed by atoms with Gasteiger partial charge in [-0.1, -0.05) is 34.1 Å². The molecule has 0 aliphatic heterocycles. The van der Waals surface area contributed by atoms with E-state index in [4.69, 9.17) is 9.84 Å². The molecule has 23 heavy (non-hydrogen) atoms. The van der Waals surface area contributed by atoms with Crippen molar-refractivity contribution in [3.05, 3.63) is 64.1 Å². The molecule has 2 aromatic carbocycles. The Kier molecular flexibility index (Phi) is 5.87. The third-order valence-electron chi connectivity index (χ3n) is 2.73. The highest BCUT2D eigenvalue weighted by molar-refractivity contribution is 9.10. The number of carboxylic acid groups (broad SMARTS) is 1. The normalized spacial score (nSPS) is 10.5. The molecule has 2 aromatic rings. The molecular formula is C16H13BrN2O4. The van der Waals surface area contributed by atoms with Crippen molar-refractivity contribution < 1.29 is 19.4 Å². The third kappa shape index (κ3) is 5.55. The number of nitrogens with zero attached hydrogens (tertiary/aromatic N) is 1. The van der Waals surface area contributed by atoms with Gasteiger partial charge in [0.2, 0.25) is 0 Å². The fourth-order valence-electron chi connectivity index (χ4n) is 1.63. The standard InChI is InChI=1S/C16H13BrN2O4/c17-13-2-1-3-14(8-13)23-10-15(20)19-18-9-11-4-6-12(7-5-11)16(21)22/h1-9H,10H2,(H,19,20)(H,21,22)/b18-9-. The summed E-state index contributed by atoms with van der Waals surface area (Å²) in [6.07, 6.45) is 1.42. The number of amides is 1. The monoisotopic (exact) mass is 376 g/mol. The molecule has 0 aromatic heterocycles. The van der Waals surface area contributed by atoms with Crippen LogP contribution in [0.25, 0.3) is 0 Å². The first-order valence-electron chi connectivity index (χ1n) is 6.58. The molecule has 6 nitrogen and oxygen atoms in total. The Labute approximate surface area is 140 Å². The summed E-state index contributed by atoms with van der Waals surface area (Å²) >= 11 is 3.31. The van der Waals surface area contributed by atoms with Crippen molar-refractivity contribution in [3.8, 4) is 5.75 Å². The van der Waals surface area contributed by atoms with Crippen molar-refractivity contribution >= 4 is 34.0 Å². The van der Waals surface area contributed by atoms with E-state index < -0.39 is 11.9 Å². The van der Waals surface area contributed by atoms with Crippen molar-refractivity contribution in [1.29, 1.82) is 0 Å². The van der Waals surface area contributed by atoms with Gasteiger partial charge in [0.05, 0.1) is 11.8 Å². The van der Waals surface area contributed by atoms with Gasteiger partial charge in [-0.25, -0.2) is 10.2 Å². The molecule has 0 aliphatic carbocycles. The zero-order valence-corrected chi connectivity index (χ0v) is 13.5. The van der Waals surface area contributed by atoms with Gasteiger partial charge in [0, 0.05) is 4.47 Å². The summed E-state index contributed by atoms with van der Waals surface area (Å²) in [7, 11) is 0. The Hall–Kier alpha value is -2.67. The number of rotatable bonds is 6. The molecule has 2 rings (SSSR count). The van der Waals surface area contributed by atoms with Crippen LogP contribution in [0.1, 0.15) is 15.9 Å². The molecule has 0 spiro atoms. The summed E-state index contributed by atoms with van der Waals surface area (Å²) in [6, 6.07) is 13.3. The first kappa shape index (κ1) is 16.7. The number of halogens is 1. The molecule has 7 heteroatoms. The average molecular weight is 377 g/mol. The van der Waals surface area contributed by atoms with E-state index in [0.717, 1.165) is 4.47 Å². The SMILES string of the molecule is O=C(COc1cccc(Br)c1)N/N=C\c1ccc(C(=O)O)cc1. The molecule has 0 saturated heterocycles. The minimum atomic E-state index is -0.994. The maximum absolute atomic E-state index is 11.6. The molecule has 0 saturated carbocycles. The summed E-state index contributed by atoms with van der Waals surface area (Å²) in [6.45, 7) is -0.161. The van der Waals surface area contributed by atoms with Crippen molar-refractivity contribution in [2.75, 3.05) is 6.61 Å². The number of aromatic carboxylic acids is 1. The van der Waals surface area contributed by atoms with E-state index in [2.05, 4.69) is 26.5 Å². The van der Waals surface area contributed by atoms with E-state index in [1.807, 2.05) is 6.07 Å². The van der Waals surface area contributed by atoms with E-state index in [-0.39, 0.29) is 12.2 Å². The fraction of sp³-hybridized carbons (Fsp3) is 0.0625. The predicted octanol–water partition coefficient (Wildman–Crippen LogP) is 2.68. The number of nitrogens with one attached hydrogen (secondary N) is 1. The van der Waals surface area contributed by atoms with Crippen LogP contribution in [0.2, 0.25) is 0 Å². The summed E-state index contributed by atoms with van der Waals surface area (Å²) < 4.78 is 6.17. The van der Waals surface area contributed by atoms with Crippen LogP contribution < -0.4 is 10.2 Å². The number of benzene rings is 2. The van der Waals surface area contributed by atoms with E-state index in [0.29, 0.717) is 11.3 Å². The number of ether oxygens (including phenoxy) is 1. The second-order valence-electron chi connectivity index (χ2n) is 4.47. The minimum Gasteiger partial charge on any atom is -0.484 e. The number of hydrogen-bond acceptors (Lipinski definition) is 4. The topological polar surface area (TPSA) is 88.0 Å². The lowest BCUT2D eigenvalue weighted by atomic mass is 10.1. The quantitative estimate of drug-likeness (QED) is 0.599. The zero-order valence-electron chi connectivity index (χ0n) is 11.9. The fourth-order valence-corrected chi connectivity index (χ4v) is 2.01. The van der Waals surface area contributed by atoms with Crippen LogP contribution in [0, 0.1) is 0 Å². The minimum absolute atomic E-state index is 0.161. The smallest absolute Gasteiger partial charge is 0.335 e. The summed E-state index contributed by atoms with van der Waals surface area (Å²) in [4.78, 5) is 22.3. The third-order valence-corrected chi connectivity index (χ3v) is 3.22. The van der Waals surface area contributed by atoms with Crippen LogP contribution in [0.3, 0.4) is 0 Å². The molecule has 0 bridgehead atoms. The summed E-state index contributed by atoms with van der Waals surface area (Å²) in [5, 5.41) is 12.6. The molecule has 118 valence electrons. The highest BCUT2D eigenvalue weighted by atomic mass is 79.9. The number of carboxylic acids is 1. The molecule has 2 N–H and O–H groups in total. The lowest BCUT2D eigenvalue weighted by Crippen LogP contribution is -2.24. The molecule has 0 fully saturated rings. The Bertz CT molecular complexity index is 729. The summed E-state index contributed by atoms with van der Waals surface area (Å²) in [5.74, 6) is -0.822. The van der Waals surface area contributed by atoms with Gasteiger partial charge in [0.15, 0.2) is 6.61 Å². The van der Waals surface area contributed by atoms with Crippen LogP contribution in [-0.2, 0) is 4.79 Å². The largest absolute Gasteiger partial charge is 0.484 e. The van der Waals surface area contributed by atoms with Gasteiger partial charge in [0.1, 0.15) is 5.75 Å². The van der Waals surface area contributed by atoms with Gasteiger partial charge >= 0.3 is 5.97 Å². The summed E-state index contributed by atoms with van der Waals surface area (Å²) in [5.41, 5.74) is 3.19. The van der Waals surface area contributed by atoms with Gasteiger partial charge in [0.25, 0.3) is 5.91 Å². The second kappa shape index (κ2) is 8.09. The van der Waals surface area contributed by atoms with E-state index in [1.54, 1.807) is 30.3 Å². The first-order chi connectivity index (χ1) is 11.0. The number of hydrogen-bond donors (Lipinski definition) is 2. The molecule has 0 atom stereocenters. The van der Waals surface area contributed by atoms with Crippen LogP contribution in [0.4, 0.5) is 0 Å². The molecule has 0 unspecified atom stereocenters. The first-order valence-corrected chi connectivity index (χ1v) is 7.37. The predicted molar refractivity (Wildman–Crippen MR) is 88.8 cm³/mol. The van der Waals surface area contributed by atoms with Crippen molar-refractivity contribution in [2.45, 2.75) is 0 Å². The second-order valence-corrected chi connectivity index (χ2v) is 5.38. The highest BCUT2D eigenvalue weighted by Crippen LogP contribution is 2.17. The molecule has 0 radical (unpaired) electrons. The highest BCUT2D eigenvalue weighted by Gasteiger charge is 2.02. The maximum Gasteiger partial charge on any atom is 0.335 e. The van der Waals surface area contributed by atoms with Crippen molar-refractivity contribution in [3.63, 3.8) is 0 Å². The molecular weight excluding hydrogens is 364 g/mol. The maximum atomic E-state index is 11.6. The Morgan fingerprint density at radius 2 is 1.96 bits per heavy atom. The molecule has 0 heterocycles. The Morgan fingerprint density at radius 3 is 2.61 bits per heavy atom. The van der Waals surface area contributed by atoms with Gasteiger partial charge < -0.3 is 9.84 Å². The number of hydrazone groups is 1. The van der Waals surface area contributed by atoms with Crippen LogP contribution in [0.15, 0.2) is 58.1 Å². The molecule has 1 amide bonds. The van der Waals surface area contributed by atoms with Crippen molar-refractivity contribution in [1.82, 2.24) is 5.43 Å². The van der Waals surface area contributed by atoms with Crippen molar-refractivity contribution in [2.24, 2.45) is 5.10 Å². The Balaban J connectivity index is 1.80. The van der Waals surface area contributed by atoms with Gasteiger partial charge in [-0.2, -0.15) is 5.10 Å². The zero-order chi connectivity index (χ0) is 16.7. The van der Waals surface area contributed by atoms with E-state index in [1.165, 1.54) is 18.3 Å². The lowest BCUT2D eigenvalue weighted by Gasteiger charge is -2.05. The Morgan fingerprint density at radius 1 is 1.22 bits per heavy atom. The number of carbonyl (C=O) groups is 2. The number of carbonyl (C=O) groups excluding carboxylic acids is 1. The van der Waals surface area contributed by atoms with Crippen LogP contribution in [0.5, 0.6) is 5.75 Å². The van der Waals surface area contributed by atoms with Gasteiger partial charge in [-0.15, -0.1) is 0 Å². The van der Waals surface area contributed by atoms with E-state index in [9.17, 15) is 9.59 Å². The van der Waals surface area contributed by atoms with Crippen LogP contribution in [-0.4, -0.2) is 29.8 Å². The average Bonchev–Trinajstić information content (AvgIpc) is 2.53. The lowest BCUT2D eigenvalue weighted by molar-refractivity contribution is -0.123. The molecule has 0 aliphatic rings. The van der Waals surface area contributed by atoms with E-state index >= 15 is 0 Å². The van der Waals surface area contributed by atoms with Gasteiger partial charge in [-0.05, 0) is 35.9 Å². The van der Waals surface area contributed by atoms with Gasteiger partial charge in [-0.3, -0.25) is 4.79 Å².